The Bertz CT molecular complexity index is 661. The first kappa shape index (κ1) is 17.4. The van der Waals surface area contributed by atoms with Crippen molar-refractivity contribution in [2.24, 2.45) is 0 Å². The van der Waals surface area contributed by atoms with Gasteiger partial charge in [-0.2, -0.15) is 0 Å². The minimum Gasteiger partial charge on any atom is -0.382 e. The summed E-state index contributed by atoms with van der Waals surface area (Å²) in [4.78, 5) is 22.5. The molecule has 0 spiro atoms. The molecule has 0 aromatic heterocycles. The third-order valence-electron chi connectivity index (χ3n) is 2.84. The van der Waals surface area contributed by atoms with Crippen LogP contribution in [0.15, 0.2) is 55.3 Å². The van der Waals surface area contributed by atoms with Crippen LogP contribution in [0.4, 0.5) is 0 Å². The van der Waals surface area contributed by atoms with Crippen molar-refractivity contribution in [2.75, 3.05) is 0 Å². The monoisotopic (exact) mass is 374 g/mol. The van der Waals surface area contributed by atoms with E-state index in [2.05, 4.69) is 0 Å². The summed E-state index contributed by atoms with van der Waals surface area (Å²) >= 11 is 11.6. The highest BCUT2D eigenvalue weighted by Crippen LogP contribution is 2.45. The van der Waals surface area contributed by atoms with Gasteiger partial charge in [0.25, 0.3) is 0 Å². The van der Waals surface area contributed by atoms with E-state index in [9.17, 15) is 19.8 Å². The second-order valence-corrected chi connectivity index (χ2v) is 7.26. The van der Waals surface area contributed by atoms with Gasteiger partial charge in [0.05, 0.1) is 21.2 Å². The average Bonchev–Trinajstić information content (AvgIpc) is 2.49. The van der Waals surface area contributed by atoms with Crippen LogP contribution in [0.3, 0.4) is 0 Å². The molecule has 0 fully saturated rings. The van der Waals surface area contributed by atoms with E-state index in [1.54, 1.807) is 24.0 Å². The lowest BCUT2D eigenvalue weighted by molar-refractivity contribution is 0.258. The SMILES string of the molecule is O=C=C1C(Cl)=CC=C(SSC2=CC=C(Cl)C(=C=O)C2O)C1O. The maximum atomic E-state index is 10.8. The first-order valence-electron chi connectivity index (χ1n) is 5.85. The van der Waals surface area contributed by atoms with Crippen molar-refractivity contribution in [3.8, 4) is 0 Å². The van der Waals surface area contributed by atoms with E-state index in [1.807, 2.05) is 0 Å². The van der Waals surface area contributed by atoms with Crippen molar-refractivity contribution in [1.29, 1.82) is 0 Å². The Balaban J connectivity index is 2.14. The van der Waals surface area contributed by atoms with Crippen molar-refractivity contribution < 1.29 is 19.8 Å². The van der Waals surface area contributed by atoms with Crippen LogP contribution >= 0.6 is 44.8 Å². The molecule has 0 saturated heterocycles. The maximum absolute atomic E-state index is 10.8. The molecule has 114 valence electrons. The molecule has 0 heterocycles. The van der Waals surface area contributed by atoms with Crippen LogP contribution in [0.5, 0.6) is 0 Å². The molecule has 0 amide bonds. The van der Waals surface area contributed by atoms with Crippen LogP contribution in [0, 0.1) is 0 Å². The van der Waals surface area contributed by atoms with Crippen LogP contribution in [-0.2, 0) is 9.59 Å². The molecule has 0 radical (unpaired) electrons. The molecule has 2 atom stereocenters. The molecule has 2 rings (SSSR count). The van der Waals surface area contributed by atoms with Gasteiger partial charge in [-0.05, 0) is 24.3 Å². The van der Waals surface area contributed by atoms with Gasteiger partial charge in [-0.15, -0.1) is 0 Å². The van der Waals surface area contributed by atoms with Gasteiger partial charge in [0.1, 0.15) is 24.1 Å². The lowest BCUT2D eigenvalue weighted by Gasteiger charge is -2.21. The first-order chi connectivity index (χ1) is 10.5. The molecule has 2 unspecified atom stereocenters. The largest absolute Gasteiger partial charge is 0.382 e. The summed E-state index contributed by atoms with van der Waals surface area (Å²) in [5.74, 6) is 3.22. The zero-order valence-corrected chi connectivity index (χ0v) is 13.9. The van der Waals surface area contributed by atoms with Gasteiger partial charge in [-0.25, -0.2) is 9.59 Å². The summed E-state index contributed by atoms with van der Waals surface area (Å²) in [6.45, 7) is 0. The Labute approximate surface area is 143 Å². The zero-order chi connectivity index (χ0) is 16.3. The van der Waals surface area contributed by atoms with Crippen LogP contribution in [-0.4, -0.2) is 34.3 Å². The van der Waals surface area contributed by atoms with Gasteiger partial charge in [0.2, 0.25) is 0 Å². The van der Waals surface area contributed by atoms with Crippen LogP contribution in [0.25, 0.3) is 0 Å². The number of hydrogen-bond acceptors (Lipinski definition) is 6. The van der Waals surface area contributed by atoms with Crippen LogP contribution in [0.1, 0.15) is 0 Å². The van der Waals surface area contributed by atoms with Gasteiger partial charge in [-0.1, -0.05) is 44.8 Å². The molecular formula is C14H8Cl2O4S2. The Kier molecular flexibility index (Phi) is 5.98. The van der Waals surface area contributed by atoms with Crippen molar-refractivity contribution >= 4 is 56.7 Å². The standard InChI is InChI=1S/C14H8Cl2O4S2/c15-9-1-3-11(13(19)7(9)5-17)21-22-12-4-2-10(16)8(6-18)14(12)20/h1-4,13-14,19-20H. The Morgan fingerprint density at radius 3 is 1.50 bits per heavy atom. The second-order valence-electron chi connectivity index (χ2n) is 4.17. The normalized spacial score (nSPS) is 24.7. The van der Waals surface area contributed by atoms with Gasteiger partial charge in [0.15, 0.2) is 0 Å². The van der Waals surface area contributed by atoms with Crippen LogP contribution in [0.2, 0.25) is 0 Å². The summed E-state index contributed by atoms with van der Waals surface area (Å²) in [6, 6.07) is 0. The summed E-state index contributed by atoms with van der Waals surface area (Å²) in [5.41, 5.74) is -0.0799. The highest BCUT2D eigenvalue weighted by molar-refractivity contribution is 8.79. The Morgan fingerprint density at radius 1 is 0.818 bits per heavy atom. The lowest BCUT2D eigenvalue weighted by Crippen LogP contribution is -2.17. The van der Waals surface area contributed by atoms with E-state index in [4.69, 9.17) is 23.2 Å². The van der Waals surface area contributed by atoms with Gasteiger partial charge < -0.3 is 10.2 Å². The lowest BCUT2D eigenvalue weighted by atomic mass is 10.1. The number of hydrogen-bond donors (Lipinski definition) is 2. The van der Waals surface area contributed by atoms with Crippen molar-refractivity contribution in [2.45, 2.75) is 12.2 Å². The highest BCUT2D eigenvalue weighted by Gasteiger charge is 2.27. The van der Waals surface area contributed by atoms with Gasteiger partial charge in [0, 0.05) is 9.81 Å². The molecule has 2 aliphatic carbocycles. The van der Waals surface area contributed by atoms with E-state index >= 15 is 0 Å². The molecule has 0 saturated carbocycles. The summed E-state index contributed by atoms with van der Waals surface area (Å²) in [6.07, 6.45) is 3.76. The van der Waals surface area contributed by atoms with Crippen molar-refractivity contribution in [3.05, 3.63) is 55.3 Å². The topological polar surface area (TPSA) is 74.6 Å². The maximum Gasteiger partial charge on any atom is 0.132 e. The molecule has 0 aliphatic heterocycles. The molecular weight excluding hydrogens is 367 g/mol. The number of aliphatic hydroxyl groups is 2. The molecule has 0 bridgehead atoms. The summed E-state index contributed by atoms with van der Waals surface area (Å²) in [7, 11) is 2.26. The zero-order valence-electron chi connectivity index (χ0n) is 10.7. The molecule has 0 aromatic rings. The van der Waals surface area contributed by atoms with E-state index < -0.39 is 12.2 Å². The molecule has 22 heavy (non-hydrogen) atoms. The molecule has 2 N–H and O–H groups in total. The Morgan fingerprint density at radius 2 is 1.18 bits per heavy atom. The van der Waals surface area contributed by atoms with Gasteiger partial charge >= 0.3 is 0 Å². The third kappa shape index (κ3) is 3.51. The number of rotatable bonds is 3. The average molecular weight is 375 g/mol. The van der Waals surface area contributed by atoms with E-state index in [1.165, 1.54) is 12.2 Å². The first-order valence-corrected chi connectivity index (χ1v) is 8.76. The predicted molar refractivity (Wildman–Crippen MR) is 89.6 cm³/mol. The number of carbonyl (C=O) groups excluding carboxylic acids is 2. The summed E-state index contributed by atoms with van der Waals surface area (Å²) < 4.78 is 0. The smallest absolute Gasteiger partial charge is 0.132 e. The fraction of sp³-hybridized carbons (Fsp3) is 0.143. The highest BCUT2D eigenvalue weighted by atomic mass is 35.5. The minimum atomic E-state index is -1.17. The summed E-state index contributed by atoms with van der Waals surface area (Å²) in [5, 5.41) is 20.3. The van der Waals surface area contributed by atoms with Crippen molar-refractivity contribution in [1.82, 2.24) is 0 Å². The van der Waals surface area contributed by atoms with Crippen molar-refractivity contribution in [3.63, 3.8) is 0 Å². The quantitative estimate of drug-likeness (QED) is 0.584. The number of aliphatic hydroxyl groups excluding tert-OH is 2. The number of halogens is 2. The van der Waals surface area contributed by atoms with Gasteiger partial charge in [-0.3, -0.25) is 0 Å². The molecule has 0 aromatic carbocycles. The van der Waals surface area contributed by atoms with E-state index in [0.29, 0.717) is 9.81 Å². The fourth-order valence-corrected chi connectivity index (χ4v) is 4.40. The Hall–Kier alpha value is -0.940. The molecule has 2 aliphatic rings. The third-order valence-corrected chi connectivity index (χ3v) is 6.09. The minimum absolute atomic E-state index is 0.0399. The fourth-order valence-electron chi connectivity index (χ4n) is 1.67. The van der Waals surface area contributed by atoms with Crippen LogP contribution < -0.4 is 0 Å². The van der Waals surface area contributed by atoms with E-state index in [0.717, 1.165) is 21.6 Å². The predicted octanol–water partition coefficient (Wildman–Crippen LogP) is 2.65. The molecule has 8 heteroatoms. The van der Waals surface area contributed by atoms with E-state index in [-0.39, 0.29) is 21.2 Å². The number of allylic oxidation sites excluding steroid dienone is 4. The second kappa shape index (κ2) is 7.55. The molecule has 4 nitrogen and oxygen atoms in total.